The minimum absolute atomic E-state index is 0.107. The molecule has 2 rings (SSSR count). The van der Waals surface area contributed by atoms with Crippen molar-refractivity contribution in [2.75, 3.05) is 20.2 Å². The predicted octanol–water partition coefficient (Wildman–Crippen LogP) is 1.19. The molecule has 0 aromatic carbocycles. The summed E-state index contributed by atoms with van der Waals surface area (Å²) in [6, 6.07) is 1.93. The smallest absolute Gasteiger partial charge is 0.270 e. The first-order valence-electron chi connectivity index (χ1n) is 5.57. The second-order valence-electron chi connectivity index (χ2n) is 4.41. The van der Waals surface area contributed by atoms with Crippen LogP contribution in [0.4, 0.5) is 0 Å². The van der Waals surface area contributed by atoms with Crippen LogP contribution in [0.3, 0.4) is 0 Å². The van der Waals surface area contributed by atoms with Gasteiger partial charge in [-0.25, -0.2) is 0 Å². The van der Waals surface area contributed by atoms with Gasteiger partial charge in [0.05, 0.1) is 6.10 Å². The van der Waals surface area contributed by atoms with Crippen molar-refractivity contribution in [2.24, 2.45) is 7.05 Å². The summed E-state index contributed by atoms with van der Waals surface area (Å²) in [6.45, 7) is 3.50. The summed E-state index contributed by atoms with van der Waals surface area (Å²) in [5, 5.41) is 0. The minimum atomic E-state index is 0.107. The van der Waals surface area contributed by atoms with Gasteiger partial charge < -0.3 is 14.2 Å². The van der Waals surface area contributed by atoms with Gasteiger partial charge in [0.2, 0.25) is 0 Å². The van der Waals surface area contributed by atoms with Crippen molar-refractivity contribution in [3.05, 3.63) is 23.5 Å². The number of likely N-dealkylation sites (tertiary alicyclic amines) is 1. The molecule has 1 aromatic heterocycles. The van der Waals surface area contributed by atoms with Crippen molar-refractivity contribution in [3.8, 4) is 0 Å². The largest absolute Gasteiger partial charge is 0.380 e. The number of aryl methyl sites for hydroxylation is 2. The fraction of sp³-hybridized carbons (Fsp3) is 0.583. The molecule has 0 bridgehead atoms. The van der Waals surface area contributed by atoms with Gasteiger partial charge in [-0.2, -0.15) is 0 Å². The third kappa shape index (κ3) is 1.97. The number of rotatable bonds is 2. The zero-order valence-corrected chi connectivity index (χ0v) is 10.1. The average molecular weight is 222 g/mol. The van der Waals surface area contributed by atoms with Crippen molar-refractivity contribution in [3.63, 3.8) is 0 Å². The van der Waals surface area contributed by atoms with Gasteiger partial charge >= 0.3 is 0 Å². The summed E-state index contributed by atoms with van der Waals surface area (Å²) in [6.07, 6.45) is 3.10. The van der Waals surface area contributed by atoms with E-state index in [2.05, 4.69) is 0 Å². The summed E-state index contributed by atoms with van der Waals surface area (Å²) < 4.78 is 7.15. The molecule has 0 radical (unpaired) electrons. The van der Waals surface area contributed by atoms with E-state index in [0.717, 1.165) is 24.2 Å². The number of hydrogen-bond acceptors (Lipinski definition) is 2. The third-order valence-corrected chi connectivity index (χ3v) is 3.13. The highest BCUT2D eigenvalue weighted by atomic mass is 16.5. The van der Waals surface area contributed by atoms with Crippen molar-refractivity contribution in [1.82, 2.24) is 9.47 Å². The normalized spacial score (nSPS) is 20.4. The van der Waals surface area contributed by atoms with Crippen molar-refractivity contribution >= 4 is 5.91 Å². The summed E-state index contributed by atoms with van der Waals surface area (Å²) in [7, 11) is 3.61. The quantitative estimate of drug-likeness (QED) is 0.753. The van der Waals surface area contributed by atoms with Crippen LogP contribution in [-0.2, 0) is 11.8 Å². The Hall–Kier alpha value is -1.29. The van der Waals surface area contributed by atoms with Gasteiger partial charge in [-0.15, -0.1) is 0 Å². The summed E-state index contributed by atoms with van der Waals surface area (Å²) in [5.74, 6) is 0.107. The van der Waals surface area contributed by atoms with Gasteiger partial charge in [0.15, 0.2) is 0 Å². The van der Waals surface area contributed by atoms with Gasteiger partial charge in [-0.05, 0) is 25.0 Å². The number of methoxy groups -OCH3 is 1. The lowest BCUT2D eigenvalue weighted by Crippen LogP contribution is -2.31. The zero-order chi connectivity index (χ0) is 11.7. The van der Waals surface area contributed by atoms with Crippen LogP contribution in [0.2, 0.25) is 0 Å². The van der Waals surface area contributed by atoms with Gasteiger partial charge in [0, 0.05) is 33.4 Å². The first-order chi connectivity index (χ1) is 7.61. The van der Waals surface area contributed by atoms with E-state index in [0.29, 0.717) is 6.54 Å². The van der Waals surface area contributed by atoms with E-state index in [1.165, 1.54) is 0 Å². The molecular weight excluding hydrogens is 204 g/mol. The van der Waals surface area contributed by atoms with Crippen LogP contribution in [0.15, 0.2) is 12.3 Å². The van der Waals surface area contributed by atoms with Crippen LogP contribution in [0.25, 0.3) is 0 Å². The van der Waals surface area contributed by atoms with E-state index in [1.54, 1.807) is 7.11 Å². The lowest BCUT2D eigenvalue weighted by Gasteiger charge is -2.16. The molecule has 0 N–H and O–H groups in total. The van der Waals surface area contributed by atoms with Crippen LogP contribution in [0.1, 0.15) is 22.5 Å². The maximum atomic E-state index is 12.2. The van der Waals surface area contributed by atoms with E-state index in [-0.39, 0.29) is 12.0 Å². The van der Waals surface area contributed by atoms with E-state index in [1.807, 2.05) is 35.7 Å². The summed E-state index contributed by atoms with van der Waals surface area (Å²) in [4.78, 5) is 14.1. The van der Waals surface area contributed by atoms with Gasteiger partial charge in [-0.3, -0.25) is 4.79 Å². The van der Waals surface area contributed by atoms with E-state index >= 15 is 0 Å². The molecule has 1 aliphatic rings. The second-order valence-corrected chi connectivity index (χ2v) is 4.41. The zero-order valence-electron chi connectivity index (χ0n) is 10.1. The fourth-order valence-corrected chi connectivity index (χ4v) is 2.21. The number of hydrogen-bond donors (Lipinski definition) is 0. The lowest BCUT2D eigenvalue weighted by molar-refractivity contribution is 0.0715. The van der Waals surface area contributed by atoms with E-state index < -0.39 is 0 Å². The van der Waals surface area contributed by atoms with Gasteiger partial charge in [0.25, 0.3) is 5.91 Å². The number of amides is 1. The Morgan fingerprint density at radius 3 is 2.81 bits per heavy atom. The summed E-state index contributed by atoms with van der Waals surface area (Å²) >= 11 is 0. The molecule has 1 aromatic rings. The Bertz CT molecular complexity index is 398. The Labute approximate surface area is 95.8 Å². The highest BCUT2D eigenvalue weighted by molar-refractivity contribution is 5.93. The highest BCUT2D eigenvalue weighted by Gasteiger charge is 2.27. The lowest BCUT2D eigenvalue weighted by atomic mass is 10.3. The van der Waals surface area contributed by atoms with Crippen LogP contribution in [-0.4, -0.2) is 41.7 Å². The predicted molar refractivity (Wildman–Crippen MR) is 61.5 cm³/mol. The van der Waals surface area contributed by atoms with E-state index in [9.17, 15) is 4.79 Å². The van der Waals surface area contributed by atoms with Crippen molar-refractivity contribution in [1.29, 1.82) is 0 Å². The molecule has 1 unspecified atom stereocenters. The Morgan fingerprint density at radius 2 is 2.31 bits per heavy atom. The Balaban J connectivity index is 2.11. The molecule has 0 aliphatic carbocycles. The molecule has 1 atom stereocenters. The van der Waals surface area contributed by atoms with Crippen LogP contribution < -0.4 is 0 Å². The number of nitrogens with zero attached hydrogens (tertiary/aromatic N) is 2. The monoisotopic (exact) mass is 222 g/mol. The molecular formula is C12H18N2O2. The number of ether oxygens (including phenoxy) is 1. The van der Waals surface area contributed by atoms with E-state index in [4.69, 9.17) is 4.74 Å². The van der Waals surface area contributed by atoms with Crippen molar-refractivity contribution < 1.29 is 9.53 Å². The SMILES string of the molecule is COC1CCN(C(=O)c2cc(C)cn2C)C1. The standard InChI is InChI=1S/C12H18N2O2/c1-9-6-11(13(2)7-9)12(15)14-5-4-10(8-14)16-3/h6-7,10H,4-5,8H2,1-3H3. The van der Waals surface area contributed by atoms with Crippen LogP contribution >= 0.6 is 0 Å². The molecule has 0 saturated carbocycles. The fourth-order valence-electron chi connectivity index (χ4n) is 2.21. The first kappa shape index (κ1) is 11.2. The Morgan fingerprint density at radius 1 is 1.56 bits per heavy atom. The van der Waals surface area contributed by atoms with Crippen molar-refractivity contribution in [2.45, 2.75) is 19.4 Å². The molecule has 1 aliphatic heterocycles. The molecule has 16 heavy (non-hydrogen) atoms. The second kappa shape index (κ2) is 4.29. The Kier molecular flexibility index (Phi) is 3.01. The number of carbonyl (C=O) groups excluding carboxylic acids is 1. The molecule has 4 nitrogen and oxygen atoms in total. The maximum Gasteiger partial charge on any atom is 0.270 e. The molecule has 2 heterocycles. The number of aromatic nitrogens is 1. The average Bonchev–Trinajstić information content (AvgIpc) is 2.84. The number of carbonyl (C=O) groups is 1. The summed E-state index contributed by atoms with van der Waals surface area (Å²) in [5.41, 5.74) is 1.88. The molecule has 1 amide bonds. The topological polar surface area (TPSA) is 34.5 Å². The minimum Gasteiger partial charge on any atom is -0.380 e. The molecule has 1 saturated heterocycles. The van der Waals surface area contributed by atoms with Crippen LogP contribution in [0, 0.1) is 6.92 Å². The molecule has 1 fully saturated rings. The molecule has 4 heteroatoms. The van der Waals surface area contributed by atoms with Gasteiger partial charge in [-0.1, -0.05) is 0 Å². The molecule has 0 spiro atoms. The molecule has 88 valence electrons. The maximum absolute atomic E-state index is 12.2. The highest BCUT2D eigenvalue weighted by Crippen LogP contribution is 2.16. The van der Waals surface area contributed by atoms with Gasteiger partial charge in [0.1, 0.15) is 5.69 Å². The van der Waals surface area contributed by atoms with Crippen LogP contribution in [0.5, 0.6) is 0 Å². The third-order valence-electron chi connectivity index (χ3n) is 3.13. The first-order valence-corrected chi connectivity index (χ1v) is 5.57.